The van der Waals surface area contributed by atoms with Crippen LogP contribution in [0.15, 0.2) is 36.0 Å². The second-order valence-corrected chi connectivity index (χ2v) is 3.93. The van der Waals surface area contributed by atoms with Gasteiger partial charge in [-0.1, -0.05) is 0 Å². The van der Waals surface area contributed by atoms with Crippen LogP contribution in [0, 0.1) is 0 Å². The molecule has 114 valence electrons. The standard InChI is InChI=1S/C14H18N2O5/c1-20-13(18)9-12(14(19)21-2)16-11-5-3-10(4-6-11)15-7-8-17/h3-6,9,15-17H,7-8H2,1-2H3/b12-9+. The van der Waals surface area contributed by atoms with Gasteiger partial charge in [-0.25, -0.2) is 9.59 Å². The van der Waals surface area contributed by atoms with Crippen LogP contribution in [0.4, 0.5) is 11.4 Å². The summed E-state index contributed by atoms with van der Waals surface area (Å²) in [5.41, 5.74) is 1.40. The molecule has 0 bridgehead atoms. The minimum atomic E-state index is -0.678. The molecular weight excluding hydrogens is 276 g/mol. The second-order valence-electron chi connectivity index (χ2n) is 3.93. The van der Waals surface area contributed by atoms with Gasteiger partial charge in [0.25, 0.3) is 0 Å². The molecule has 0 atom stereocenters. The van der Waals surface area contributed by atoms with Crippen LogP contribution in [-0.2, 0) is 19.1 Å². The predicted octanol–water partition coefficient (Wildman–Crippen LogP) is 0.733. The highest BCUT2D eigenvalue weighted by atomic mass is 16.5. The Kier molecular flexibility index (Phi) is 6.76. The second kappa shape index (κ2) is 8.60. The zero-order chi connectivity index (χ0) is 15.7. The van der Waals surface area contributed by atoms with Crippen LogP contribution in [0.1, 0.15) is 0 Å². The lowest BCUT2D eigenvalue weighted by Crippen LogP contribution is -2.15. The van der Waals surface area contributed by atoms with Crippen molar-refractivity contribution in [2.75, 3.05) is 38.0 Å². The van der Waals surface area contributed by atoms with Crippen molar-refractivity contribution in [3.05, 3.63) is 36.0 Å². The third kappa shape index (κ3) is 5.53. The Balaban J connectivity index is 2.81. The number of methoxy groups -OCH3 is 2. The summed E-state index contributed by atoms with van der Waals surface area (Å²) in [5, 5.41) is 14.5. The van der Waals surface area contributed by atoms with E-state index in [2.05, 4.69) is 20.1 Å². The maximum atomic E-state index is 11.6. The van der Waals surface area contributed by atoms with Crippen LogP contribution in [0.2, 0.25) is 0 Å². The number of aliphatic hydroxyl groups is 1. The fourth-order valence-corrected chi connectivity index (χ4v) is 1.46. The Hall–Kier alpha value is -2.54. The first kappa shape index (κ1) is 16.5. The van der Waals surface area contributed by atoms with Crippen molar-refractivity contribution in [1.29, 1.82) is 0 Å². The van der Waals surface area contributed by atoms with E-state index in [4.69, 9.17) is 5.11 Å². The van der Waals surface area contributed by atoms with Crippen molar-refractivity contribution >= 4 is 23.3 Å². The molecule has 0 aromatic heterocycles. The lowest BCUT2D eigenvalue weighted by Gasteiger charge is -2.10. The van der Waals surface area contributed by atoms with Gasteiger partial charge in [0.15, 0.2) is 0 Å². The molecule has 1 aromatic rings. The van der Waals surface area contributed by atoms with Crippen LogP contribution >= 0.6 is 0 Å². The quantitative estimate of drug-likeness (QED) is 0.504. The number of benzene rings is 1. The summed E-state index contributed by atoms with van der Waals surface area (Å²) in [6.45, 7) is 0.483. The Morgan fingerprint density at radius 1 is 1.14 bits per heavy atom. The first-order valence-corrected chi connectivity index (χ1v) is 6.20. The van der Waals surface area contributed by atoms with Gasteiger partial charge in [-0.05, 0) is 24.3 Å². The average molecular weight is 294 g/mol. The molecule has 0 saturated carbocycles. The lowest BCUT2D eigenvalue weighted by atomic mass is 10.2. The Morgan fingerprint density at radius 2 is 1.76 bits per heavy atom. The molecule has 1 rings (SSSR count). The van der Waals surface area contributed by atoms with Crippen molar-refractivity contribution in [2.45, 2.75) is 0 Å². The number of carbonyl (C=O) groups excluding carboxylic acids is 2. The number of nitrogens with one attached hydrogen (secondary N) is 2. The molecule has 0 aliphatic rings. The van der Waals surface area contributed by atoms with Gasteiger partial charge in [0.2, 0.25) is 0 Å². The fraction of sp³-hybridized carbons (Fsp3) is 0.286. The summed E-state index contributed by atoms with van der Waals surface area (Å²) in [6, 6.07) is 6.97. The van der Waals surface area contributed by atoms with E-state index in [0.717, 1.165) is 11.8 Å². The molecule has 0 aliphatic carbocycles. The van der Waals surface area contributed by atoms with E-state index in [9.17, 15) is 9.59 Å². The van der Waals surface area contributed by atoms with Crippen molar-refractivity contribution in [2.24, 2.45) is 0 Å². The minimum Gasteiger partial charge on any atom is -0.466 e. The number of hydrogen-bond acceptors (Lipinski definition) is 7. The molecule has 0 spiro atoms. The molecule has 21 heavy (non-hydrogen) atoms. The molecule has 3 N–H and O–H groups in total. The predicted molar refractivity (Wildman–Crippen MR) is 77.8 cm³/mol. The first-order chi connectivity index (χ1) is 10.1. The van der Waals surface area contributed by atoms with Crippen molar-refractivity contribution in [3.63, 3.8) is 0 Å². The molecule has 0 aliphatic heterocycles. The molecule has 7 heteroatoms. The van der Waals surface area contributed by atoms with E-state index in [1.807, 2.05) is 0 Å². The Bertz CT molecular complexity index is 511. The van der Waals surface area contributed by atoms with Gasteiger partial charge in [-0.3, -0.25) is 0 Å². The molecule has 0 amide bonds. The summed E-state index contributed by atoms with van der Waals surface area (Å²) in [4.78, 5) is 22.8. The van der Waals surface area contributed by atoms with Gasteiger partial charge >= 0.3 is 11.9 Å². The molecule has 1 aromatic carbocycles. The van der Waals surface area contributed by atoms with Crippen LogP contribution < -0.4 is 10.6 Å². The number of carbonyl (C=O) groups is 2. The normalized spacial score (nSPS) is 10.7. The zero-order valence-corrected chi connectivity index (χ0v) is 11.9. The van der Waals surface area contributed by atoms with Gasteiger partial charge < -0.3 is 25.2 Å². The van der Waals surface area contributed by atoms with Gasteiger partial charge in [0.1, 0.15) is 5.70 Å². The summed E-state index contributed by atoms with van der Waals surface area (Å²) in [6.07, 6.45) is 1.02. The Labute approximate surface area is 122 Å². The number of rotatable bonds is 7. The summed E-state index contributed by atoms with van der Waals surface area (Å²) in [7, 11) is 2.44. The average Bonchev–Trinajstić information content (AvgIpc) is 2.52. The van der Waals surface area contributed by atoms with Gasteiger partial charge in [-0.2, -0.15) is 0 Å². The molecule has 0 unspecified atom stereocenters. The van der Waals surface area contributed by atoms with Gasteiger partial charge in [-0.15, -0.1) is 0 Å². The maximum Gasteiger partial charge on any atom is 0.354 e. The fourth-order valence-electron chi connectivity index (χ4n) is 1.46. The van der Waals surface area contributed by atoms with E-state index in [0.29, 0.717) is 12.2 Å². The van der Waals surface area contributed by atoms with Crippen molar-refractivity contribution in [1.82, 2.24) is 0 Å². The summed E-state index contributed by atoms with van der Waals surface area (Å²) in [5.74, 6) is -1.34. The highest BCUT2D eigenvalue weighted by Crippen LogP contribution is 2.15. The lowest BCUT2D eigenvalue weighted by molar-refractivity contribution is -0.138. The summed E-state index contributed by atoms with van der Waals surface area (Å²) >= 11 is 0. The van der Waals surface area contributed by atoms with Gasteiger partial charge in [0.05, 0.1) is 26.9 Å². The number of hydrogen-bond donors (Lipinski definition) is 3. The van der Waals surface area contributed by atoms with Crippen LogP contribution in [0.5, 0.6) is 0 Å². The summed E-state index contributed by atoms with van der Waals surface area (Å²) < 4.78 is 9.07. The topological polar surface area (TPSA) is 96.9 Å². The van der Waals surface area contributed by atoms with E-state index in [-0.39, 0.29) is 12.3 Å². The van der Waals surface area contributed by atoms with Crippen LogP contribution in [0.3, 0.4) is 0 Å². The van der Waals surface area contributed by atoms with Gasteiger partial charge in [0, 0.05) is 17.9 Å². The van der Waals surface area contributed by atoms with Crippen LogP contribution in [0.25, 0.3) is 0 Å². The van der Waals surface area contributed by atoms with E-state index in [1.54, 1.807) is 24.3 Å². The van der Waals surface area contributed by atoms with Crippen LogP contribution in [-0.4, -0.2) is 44.4 Å². The smallest absolute Gasteiger partial charge is 0.354 e. The Morgan fingerprint density at radius 3 is 2.29 bits per heavy atom. The highest BCUT2D eigenvalue weighted by molar-refractivity contribution is 5.98. The molecule has 0 saturated heterocycles. The third-order valence-electron chi connectivity index (χ3n) is 2.47. The SMILES string of the molecule is COC(=O)/C=C(/Nc1ccc(NCCO)cc1)C(=O)OC. The third-order valence-corrected chi connectivity index (χ3v) is 2.47. The number of anilines is 2. The molecular formula is C14H18N2O5. The van der Waals surface area contributed by atoms with Crippen molar-refractivity contribution < 1.29 is 24.2 Å². The van der Waals surface area contributed by atoms with E-state index < -0.39 is 11.9 Å². The number of aliphatic hydroxyl groups excluding tert-OH is 1. The molecule has 0 fully saturated rings. The van der Waals surface area contributed by atoms with E-state index in [1.165, 1.54) is 14.2 Å². The zero-order valence-electron chi connectivity index (χ0n) is 11.9. The van der Waals surface area contributed by atoms with E-state index >= 15 is 0 Å². The largest absolute Gasteiger partial charge is 0.466 e. The maximum absolute atomic E-state index is 11.6. The molecule has 0 heterocycles. The highest BCUT2D eigenvalue weighted by Gasteiger charge is 2.12. The first-order valence-electron chi connectivity index (χ1n) is 6.20. The number of esters is 2. The van der Waals surface area contributed by atoms with Crippen molar-refractivity contribution in [3.8, 4) is 0 Å². The monoisotopic (exact) mass is 294 g/mol. The number of ether oxygens (including phenoxy) is 2. The minimum absolute atomic E-state index is 0.0274. The molecule has 7 nitrogen and oxygen atoms in total. The molecule has 0 radical (unpaired) electrons.